The quantitative estimate of drug-likeness (QED) is 0.325. The van der Waals surface area contributed by atoms with Crippen LogP contribution in [0.4, 0.5) is 5.69 Å². The molecule has 0 fully saturated rings. The largest absolute Gasteiger partial charge is 0.493 e. The van der Waals surface area contributed by atoms with Gasteiger partial charge < -0.3 is 24.5 Å². The van der Waals surface area contributed by atoms with Gasteiger partial charge in [0, 0.05) is 44.5 Å². The first-order chi connectivity index (χ1) is 14.3. The average Bonchev–Trinajstić information content (AvgIpc) is 3.24. The van der Waals surface area contributed by atoms with Crippen LogP contribution in [0.5, 0.6) is 5.75 Å². The molecule has 0 unspecified atom stereocenters. The number of nitrogens with zero attached hydrogens (tertiary/aromatic N) is 2. The average molecular weight is 394 g/mol. The molecule has 0 saturated heterocycles. The standard InChI is InChI=1S/C22H26N4O3/c1-23-22(26-18-10-6-11-20(14-18)28-13-7-12-27-2)24-15-19-16-29-21(25-19)17-8-4-3-5-9-17/h3-6,8-11,14,16H,7,12-13,15H2,1-2H3,(H2,23,24,26). The Kier molecular flexibility index (Phi) is 7.65. The molecule has 1 aromatic heterocycles. The molecule has 0 spiro atoms. The Morgan fingerprint density at radius 3 is 2.76 bits per heavy atom. The van der Waals surface area contributed by atoms with Crippen molar-refractivity contribution in [1.82, 2.24) is 10.3 Å². The molecule has 0 saturated carbocycles. The summed E-state index contributed by atoms with van der Waals surface area (Å²) in [4.78, 5) is 8.77. The van der Waals surface area contributed by atoms with Crippen molar-refractivity contribution in [3.05, 3.63) is 66.6 Å². The van der Waals surface area contributed by atoms with E-state index in [0.717, 1.165) is 29.1 Å². The van der Waals surface area contributed by atoms with Crippen LogP contribution in [0.2, 0.25) is 0 Å². The number of rotatable bonds is 9. The molecule has 0 bridgehead atoms. The molecular weight excluding hydrogens is 368 g/mol. The summed E-state index contributed by atoms with van der Waals surface area (Å²) in [5.41, 5.74) is 2.62. The Balaban J connectivity index is 1.53. The van der Waals surface area contributed by atoms with Crippen molar-refractivity contribution in [2.45, 2.75) is 13.0 Å². The van der Waals surface area contributed by atoms with Gasteiger partial charge >= 0.3 is 0 Å². The lowest BCUT2D eigenvalue weighted by atomic mass is 10.2. The third kappa shape index (κ3) is 6.36. The van der Waals surface area contributed by atoms with Crippen molar-refractivity contribution in [3.8, 4) is 17.2 Å². The molecule has 0 radical (unpaired) electrons. The molecule has 0 aliphatic rings. The minimum Gasteiger partial charge on any atom is -0.493 e. The molecule has 0 amide bonds. The fraction of sp³-hybridized carbons (Fsp3) is 0.273. The van der Waals surface area contributed by atoms with Crippen molar-refractivity contribution < 1.29 is 13.9 Å². The summed E-state index contributed by atoms with van der Waals surface area (Å²) >= 11 is 0. The zero-order valence-corrected chi connectivity index (χ0v) is 16.7. The Bertz CT molecular complexity index is 909. The van der Waals surface area contributed by atoms with E-state index in [4.69, 9.17) is 13.9 Å². The van der Waals surface area contributed by atoms with Gasteiger partial charge in [0.2, 0.25) is 5.89 Å². The highest BCUT2D eigenvalue weighted by atomic mass is 16.5. The second-order valence-electron chi connectivity index (χ2n) is 6.28. The smallest absolute Gasteiger partial charge is 0.226 e. The van der Waals surface area contributed by atoms with E-state index in [1.54, 1.807) is 20.4 Å². The molecule has 2 aromatic carbocycles. The van der Waals surface area contributed by atoms with Crippen molar-refractivity contribution in [2.75, 3.05) is 32.7 Å². The molecule has 0 aliphatic heterocycles. The maximum atomic E-state index is 5.74. The van der Waals surface area contributed by atoms with E-state index >= 15 is 0 Å². The molecule has 0 atom stereocenters. The first-order valence-corrected chi connectivity index (χ1v) is 9.48. The highest BCUT2D eigenvalue weighted by molar-refractivity contribution is 5.93. The van der Waals surface area contributed by atoms with Crippen LogP contribution >= 0.6 is 0 Å². The molecule has 7 nitrogen and oxygen atoms in total. The van der Waals surface area contributed by atoms with E-state index < -0.39 is 0 Å². The molecule has 7 heteroatoms. The topological polar surface area (TPSA) is 80.9 Å². The maximum absolute atomic E-state index is 5.74. The molecule has 29 heavy (non-hydrogen) atoms. The van der Waals surface area contributed by atoms with E-state index in [-0.39, 0.29) is 0 Å². The van der Waals surface area contributed by atoms with Crippen molar-refractivity contribution in [3.63, 3.8) is 0 Å². The maximum Gasteiger partial charge on any atom is 0.226 e. The minimum atomic E-state index is 0.489. The zero-order valence-electron chi connectivity index (χ0n) is 16.7. The number of oxazole rings is 1. The number of aromatic nitrogens is 1. The summed E-state index contributed by atoms with van der Waals surface area (Å²) in [6.45, 7) is 1.78. The van der Waals surface area contributed by atoms with Gasteiger partial charge in [0.25, 0.3) is 0 Å². The van der Waals surface area contributed by atoms with Gasteiger partial charge in [-0.25, -0.2) is 4.98 Å². The van der Waals surface area contributed by atoms with E-state index in [9.17, 15) is 0 Å². The van der Waals surface area contributed by atoms with Crippen LogP contribution in [0.1, 0.15) is 12.1 Å². The van der Waals surface area contributed by atoms with Gasteiger partial charge in [-0.1, -0.05) is 24.3 Å². The minimum absolute atomic E-state index is 0.489. The number of benzene rings is 2. The van der Waals surface area contributed by atoms with Gasteiger partial charge in [0.15, 0.2) is 5.96 Å². The van der Waals surface area contributed by atoms with Crippen LogP contribution in [0.3, 0.4) is 0 Å². The third-order valence-electron chi connectivity index (χ3n) is 4.09. The zero-order chi connectivity index (χ0) is 20.3. The number of hydrogen-bond acceptors (Lipinski definition) is 5. The van der Waals surface area contributed by atoms with Crippen LogP contribution in [0, 0.1) is 0 Å². The lowest BCUT2D eigenvalue weighted by Crippen LogP contribution is -2.30. The third-order valence-corrected chi connectivity index (χ3v) is 4.09. The number of ether oxygens (including phenoxy) is 2. The molecule has 152 valence electrons. The second-order valence-corrected chi connectivity index (χ2v) is 6.28. The van der Waals surface area contributed by atoms with E-state index in [1.807, 2.05) is 54.6 Å². The number of anilines is 1. The Labute approximate surface area is 170 Å². The van der Waals surface area contributed by atoms with E-state index in [1.165, 1.54) is 0 Å². The number of methoxy groups -OCH3 is 1. The van der Waals surface area contributed by atoms with Crippen LogP contribution in [0.25, 0.3) is 11.5 Å². The van der Waals surface area contributed by atoms with Crippen LogP contribution < -0.4 is 15.4 Å². The molecule has 2 N–H and O–H groups in total. The first kappa shape index (κ1) is 20.4. The summed E-state index contributed by atoms with van der Waals surface area (Å²) in [6, 6.07) is 17.6. The van der Waals surface area contributed by atoms with Crippen molar-refractivity contribution in [1.29, 1.82) is 0 Å². The number of aliphatic imine (C=N–C) groups is 1. The normalized spacial score (nSPS) is 11.3. The lowest BCUT2D eigenvalue weighted by molar-refractivity contribution is 0.172. The summed E-state index contributed by atoms with van der Waals surface area (Å²) in [7, 11) is 3.41. The Hall–Kier alpha value is -3.32. The van der Waals surface area contributed by atoms with Crippen molar-refractivity contribution in [2.24, 2.45) is 4.99 Å². The Morgan fingerprint density at radius 1 is 1.10 bits per heavy atom. The summed E-state index contributed by atoms with van der Waals surface area (Å²) in [5.74, 6) is 2.03. The molecule has 3 rings (SSSR count). The molecular formula is C22H26N4O3. The predicted molar refractivity (Wildman–Crippen MR) is 114 cm³/mol. The Morgan fingerprint density at radius 2 is 1.97 bits per heavy atom. The van der Waals surface area contributed by atoms with Gasteiger partial charge in [-0.2, -0.15) is 0 Å². The summed E-state index contributed by atoms with van der Waals surface area (Å²) in [5, 5.41) is 6.49. The van der Waals surface area contributed by atoms with Gasteiger partial charge in [0.05, 0.1) is 18.8 Å². The lowest BCUT2D eigenvalue weighted by Gasteiger charge is -2.12. The highest BCUT2D eigenvalue weighted by Gasteiger charge is 2.07. The molecule has 1 heterocycles. The first-order valence-electron chi connectivity index (χ1n) is 9.48. The monoisotopic (exact) mass is 394 g/mol. The van der Waals surface area contributed by atoms with Crippen molar-refractivity contribution >= 4 is 11.6 Å². The van der Waals surface area contributed by atoms with Gasteiger partial charge in [0.1, 0.15) is 12.0 Å². The van der Waals surface area contributed by atoms with E-state index in [0.29, 0.717) is 31.6 Å². The van der Waals surface area contributed by atoms with E-state index in [2.05, 4.69) is 20.6 Å². The fourth-order valence-corrected chi connectivity index (χ4v) is 2.65. The highest BCUT2D eigenvalue weighted by Crippen LogP contribution is 2.19. The molecule has 3 aromatic rings. The van der Waals surface area contributed by atoms with Gasteiger partial charge in [-0.15, -0.1) is 0 Å². The van der Waals surface area contributed by atoms with Crippen LogP contribution in [-0.4, -0.2) is 38.3 Å². The van der Waals surface area contributed by atoms with Gasteiger partial charge in [-0.05, 0) is 24.3 Å². The van der Waals surface area contributed by atoms with Crippen LogP contribution in [-0.2, 0) is 11.3 Å². The fourth-order valence-electron chi connectivity index (χ4n) is 2.65. The summed E-state index contributed by atoms with van der Waals surface area (Å²) in [6.07, 6.45) is 2.50. The SMILES string of the molecule is CN=C(NCc1coc(-c2ccccc2)n1)Nc1cccc(OCCCOC)c1. The summed E-state index contributed by atoms with van der Waals surface area (Å²) < 4.78 is 16.3. The number of hydrogen-bond donors (Lipinski definition) is 2. The number of nitrogens with one attached hydrogen (secondary N) is 2. The van der Waals surface area contributed by atoms with Crippen LogP contribution in [0.15, 0.2) is 70.3 Å². The number of guanidine groups is 1. The molecule has 0 aliphatic carbocycles. The predicted octanol–water partition coefficient (Wildman–Crippen LogP) is 3.94. The van der Waals surface area contributed by atoms with Gasteiger partial charge in [-0.3, -0.25) is 4.99 Å². The second kappa shape index (κ2) is 10.9.